The van der Waals surface area contributed by atoms with Crippen molar-refractivity contribution in [3.8, 4) is 11.4 Å². The van der Waals surface area contributed by atoms with Crippen LogP contribution in [0, 0.1) is 6.92 Å². The second-order valence-corrected chi connectivity index (χ2v) is 8.34. The number of hydrogen-bond donors (Lipinski definition) is 0. The molecule has 24 heavy (non-hydrogen) atoms. The molecule has 8 nitrogen and oxygen atoms in total. The lowest BCUT2D eigenvalue weighted by Crippen LogP contribution is -2.38. The highest BCUT2D eigenvalue weighted by molar-refractivity contribution is 7.86. The highest BCUT2D eigenvalue weighted by atomic mass is 32.2. The predicted octanol–water partition coefficient (Wildman–Crippen LogP) is 0.781. The first-order valence-electron chi connectivity index (χ1n) is 7.80. The molecule has 1 fully saturated rings. The van der Waals surface area contributed by atoms with E-state index in [1.165, 1.54) is 8.61 Å². The average molecular weight is 350 g/mol. The minimum absolute atomic E-state index is 0.0772. The van der Waals surface area contributed by atoms with Gasteiger partial charge in [-0.3, -0.25) is 4.68 Å². The van der Waals surface area contributed by atoms with Gasteiger partial charge in [0.25, 0.3) is 10.2 Å². The Morgan fingerprint density at radius 2 is 2.04 bits per heavy atom. The highest BCUT2D eigenvalue weighted by Crippen LogP contribution is 2.30. The molecular formula is C15H22N6O2S. The predicted molar refractivity (Wildman–Crippen MR) is 90.5 cm³/mol. The van der Waals surface area contributed by atoms with E-state index >= 15 is 0 Å². The summed E-state index contributed by atoms with van der Waals surface area (Å²) in [6.45, 7) is 2.81. The minimum Gasteiger partial charge on any atom is -0.266 e. The van der Waals surface area contributed by atoms with Gasteiger partial charge in [-0.15, -0.1) is 0 Å². The molecule has 0 radical (unpaired) electrons. The van der Waals surface area contributed by atoms with E-state index in [1.54, 1.807) is 25.0 Å². The molecule has 3 rings (SSSR count). The number of nitrogens with zero attached hydrogens (tertiary/aromatic N) is 6. The van der Waals surface area contributed by atoms with Gasteiger partial charge >= 0.3 is 0 Å². The summed E-state index contributed by atoms with van der Waals surface area (Å²) < 4.78 is 29.1. The molecule has 0 bridgehead atoms. The van der Waals surface area contributed by atoms with E-state index in [0.29, 0.717) is 18.9 Å². The Labute approximate surface area is 142 Å². The summed E-state index contributed by atoms with van der Waals surface area (Å²) in [7, 11) is 1.60. The maximum Gasteiger partial charge on any atom is 0.281 e. The Morgan fingerprint density at radius 3 is 2.67 bits per heavy atom. The van der Waals surface area contributed by atoms with Crippen LogP contribution in [0.25, 0.3) is 11.4 Å². The molecule has 0 N–H and O–H groups in total. The number of aryl methyl sites for hydroxylation is 2. The zero-order valence-electron chi connectivity index (χ0n) is 14.3. The molecule has 0 amide bonds. The standard InChI is InChI=1S/C15H22N6O2S/c1-11-17-13(9-14(18-11)15-5-7-16-20(15)4)12-6-8-21(10-12)24(22,23)19(2)3/h5,7,9,12H,6,8,10H2,1-4H3/t12-/m1/s1. The lowest BCUT2D eigenvalue weighted by atomic mass is 10.0. The molecule has 1 aliphatic heterocycles. The molecule has 0 aliphatic carbocycles. The van der Waals surface area contributed by atoms with E-state index < -0.39 is 10.2 Å². The van der Waals surface area contributed by atoms with E-state index in [2.05, 4.69) is 15.1 Å². The van der Waals surface area contributed by atoms with Crippen molar-refractivity contribution in [1.82, 2.24) is 28.4 Å². The Morgan fingerprint density at radius 1 is 1.29 bits per heavy atom. The average Bonchev–Trinajstić information content (AvgIpc) is 3.15. The van der Waals surface area contributed by atoms with Crippen LogP contribution in [0.5, 0.6) is 0 Å². The third-order valence-corrected chi connectivity index (χ3v) is 6.21. The number of aromatic nitrogens is 4. The van der Waals surface area contributed by atoms with Crippen molar-refractivity contribution in [3.05, 3.63) is 29.8 Å². The largest absolute Gasteiger partial charge is 0.281 e. The van der Waals surface area contributed by atoms with Gasteiger partial charge in [0.15, 0.2) is 0 Å². The molecule has 1 atom stereocenters. The summed E-state index contributed by atoms with van der Waals surface area (Å²) in [5.41, 5.74) is 2.61. The van der Waals surface area contributed by atoms with E-state index in [9.17, 15) is 8.42 Å². The third kappa shape index (κ3) is 3.06. The van der Waals surface area contributed by atoms with Crippen LogP contribution >= 0.6 is 0 Å². The lowest BCUT2D eigenvalue weighted by molar-refractivity contribution is 0.418. The van der Waals surface area contributed by atoms with Gasteiger partial charge in [0.2, 0.25) is 0 Å². The van der Waals surface area contributed by atoms with Crippen LogP contribution in [0.4, 0.5) is 0 Å². The number of hydrogen-bond acceptors (Lipinski definition) is 5. The first kappa shape index (κ1) is 17.0. The second kappa shape index (κ2) is 6.23. The van der Waals surface area contributed by atoms with E-state index in [-0.39, 0.29) is 5.92 Å². The zero-order chi connectivity index (χ0) is 17.5. The summed E-state index contributed by atoms with van der Waals surface area (Å²) >= 11 is 0. The Balaban J connectivity index is 1.89. The first-order chi connectivity index (χ1) is 11.3. The van der Waals surface area contributed by atoms with Crippen molar-refractivity contribution < 1.29 is 8.42 Å². The second-order valence-electron chi connectivity index (χ2n) is 6.20. The molecule has 0 aromatic carbocycles. The molecule has 9 heteroatoms. The summed E-state index contributed by atoms with van der Waals surface area (Å²) in [6, 6.07) is 3.85. The topological polar surface area (TPSA) is 84.2 Å². The molecule has 3 heterocycles. The monoisotopic (exact) mass is 350 g/mol. The molecule has 0 spiro atoms. The van der Waals surface area contributed by atoms with E-state index in [1.807, 2.05) is 26.1 Å². The quantitative estimate of drug-likeness (QED) is 0.814. The Bertz CT molecular complexity index is 845. The maximum atomic E-state index is 12.3. The molecule has 1 aliphatic rings. The fourth-order valence-corrected chi connectivity index (χ4v) is 4.13. The van der Waals surface area contributed by atoms with Crippen LogP contribution in [0.2, 0.25) is 0 Å². The highest BCUT2D eigenvalue weighted by Gasteiger charge is 2.34. The molecule has 0 unspecified atom stereocenters. The molecule has 0 saturated carbocycles. The summed E-state index contributed by atoms with van der Waals surface area (Å²) in [6.07, 6.45) is 2.49. The SMILES string of the molecule is Cc1nc(-c2ccnn2C)cc([C@@H]2CCN(S(=O)(=O)N(C)C)C2)n1. The van der Waals surface area contributed by atoms with Gasteiger partial charge < -0.3 is 0 Å². The van der Waals surface area contributed by atoms with Crippen LogP contribution in [0.15, 0.2) is 18.3 Å². The van der Waals surface area contributed by atoms with Crippen LogP contribution in [0.3, 0.4) is 0 Å². The third-order valence-electron chi connectivity index (χ3n) is 4.30. The smallest absolute Gasteiger partial charge is 0.266 e. The van der Waals surface area contributed by atoms with Gasteiger partial charge in [0.1, 0.15) is 5.82 Å². The van der Waals surface area contributed by atoms with Crippen molar-refractivity contribution >= 4 is 10.2 Å². The van der Waals surface area contributed by atoms with Crippen LogP contribution in [0.1, 0.15) is 23.9 Å². The van der Waals surface area contributed by atoms with Crippen LogP contribution < -0.4 is 0 Å². The molecular weight excluding hydrogens is 328 g/mol. The fourth-order valence-electron chi connectivity index (χ4n) is 2.97. The van der Waals surface area contributed by atoms with Gasteiger partial charge in [0.05, 0.1) is 11.4 Å². The van der Waals surface area contributed by atoms with E-state index in [0.717, 1.165) is 23.5 Å². The van der Waals surface area contributed by atoms with Gasteiger partial charge in [-0.1, -0.05) is 0 Å². The van der Waals surface area contributed by atoms with Gasteiger partial charge in [-0.25, -0.2) is 9.97 Å². The maximum absolute atomic E-state index is 12.3. The van der Waals surface area contributed by atoms with Gasteiger partial charge in [-0.05, 0) is 25.5 Å². The van der Waals surface area contributed by atoms with Gasteiger partial charge in [0, 0.05) is 52.0 Å². The van der Waals surface area contributed by atoms with Gasteiger partial charge in [-0.2, -0.15) is 22.1 Å². The first-order valence-corrected chi connectivity index (χ1v) is 9.20. The van der Waals surface area contributed by atoms with Crippen molar-refractivity contribution in [2.75, 3.05) is 27.2 Å². The lowest BCUT2D eigenvalue weighted by Gasteiger charge is -2.20. The minimum atomic E-state index is -3.38. The number of rotatable bonds is 4. The molecule has 1 saturated heterocycles. The molecule has 2 aromatic heterocycles. The van der Waals surface area contributed by atoms with Crippen molar-refractivity contribution in [3.63, 3.8) is 0 Å². The normalized spacial score (nSPS) is 19.3. The molecule has 130 valence electrons. The Hall–Kier alpha value is -1.84. The summed E-state index contributed by atoms with van der Waals surface area (Å²) in [4.78, 5) is 9.03. The van der Waals surface area contributed by atoms with Crippen LogP contribution in [-0.4, -0.2) is 64.0 Å². The Kier molecular flexibility index (Phi) is 4.41. The van der Waals surface area contributed by atoms with E-state index in [4.69, 9.17) is 0 Å². The van der Waals surface area contributed by atoms with Crippen molar-refractivity contribution in [1.29, 1.82) is 0 Å². The fraction of sp³-hybridized carbons (Fsp3) is 0.533. The summed E-state index contributed by atoms with van der Waals surface area (Å²) in [5, 5.41) is 4.18. The zero-order valence-corrected chi connectivity index (χ0v) is 15.2. The van der Waals surface area contributed by atoms with Crippen molar-refractivity contribution in [2.45, 2.75) is 19.3 Å². The summed E-state index contributed by atoms with van der Waals surface area (Å²) in [5.74, 6) is 0.756. The molecule has 2 aromatic rings. The van der Waals surface area contributed by atoms with Crippen LogP contribution in [-0.2, 0) is 17.3 Å². The van der Waals surface area contributed by atoms with Crippen molar-refractivity contribution in [2.24, 2.45) is 7.05 Å².